The van der Waals surface area contributed by atoms with Crippen molar-refractivity contribution < 1.29 is 48.8 Å². The molecule has 0 spiro atoms. The Hall–Kier alpha value is -2.57. The quantitative estimate of drug-likeness (QED) is 0.143. The van der Waals surface area contributed by atoms with Crippen molar-refractivity contribution in [3.05, 3.63) is 108 Å². The zero-order valence-electron chi connectivity index (χ0n) is 21.3. The summed E-state index contributed by atoms with van der Waals surface area (Å²) in [5.74, 6) is -2.82. The predicted molar refractivity (Wildman–Crippen MR) is 134 cm³/mol. The first-order chi connectivity index (χ1) is 17.5. The van der Waals surface area contributed by atoms with Crippen LogP contribution in [0.5, 0.6) is 11.5 Å². The van der Waals surface area contributed by atoms with Gasteiger partial charge in [-0.2, -0.15) is 12.2 Å². The third-order valence-corrected chi connectivity index (χ3v) is 4.34. The molecule has 0 unspecified atom stereocenters. The minimum atomic E-state index is -0.767. The van der Waals surface area contributed by atoms with Crippen LogP contribution in [0.15, 0.2) is 60.7 Å². The first kappa shape index (κ1) is 34.4. The summed E-state index contributed by atoms with van der Waals surface area (Å²) < 4.78 is 60.6. The number of benzene rings is 2. The first-order valence-corrected chi connectivity index (χ1v) is 11.9. The van der Waals surface area contributed by atoms with Crippen molar-refractivity contribution in [2.24, 2.45) is 0 Å². The molecule has 196 valence electrons. The molecule has 0 aliphatic heterocycles. The summed E-state index contributed by atoms with van der Waals surface area (Å²) in [5, 5.41) is 0. The molecule has 2 nitrogen and oxygen atoms in total. The fourth-order valence-electron chi connectivity index (χ4n) is 2.42. The summed E-state index contributed by atoms with van der Waals surface area (Å²) in [4.78, 5) is 0. The normalized spacial score (nSPS) is 11.8. The molecule has 0 saturated heterocycles. The van der Waals surface area contributed by atoms with Crippen LogP contribution in [0.4, 0.5) is 17.6 Å². The van der Waals surface area contributed by atoms with E-state index in [1.807, 2.05) is 50.3 Å². The third kappa shape index (κ3) is 17.5. The van der Waals surface area contributed by atoms with Crippen molar-refractivity contribution in [1.82, 2.24) is 0 Å². The number of hydrogen-bond acceptors (Lipinski definition) is 2. The summed E-state index contributed by atoms with van der Waals surface area (Å²) in [6.07, 6.45) is 23.7. The molecule has 2 aromatic rings. The molecule has 0 amide bonds. The van der Waals surface area contributed by atoms with Crippen LogP contribution in [-0.2, 0) is 21.7 Å². The van der Waals surface area contributed by atoms with Gasteiger partial charge in [0.1, 0.15) is 0 Å². The van der Waals surface area contributed by atoms with Crippen molar-refractivity contribution in [3.8, 4) is 11.5 Å². The molecule has 0 fully saturated rings. The van der Waals surface area contributed by atoms with Gasteiger partial charge in [0.05, 0.1) is 24.8 Å². The zero-order chi connectivity index (χ0) is 26.4. The van der Waals surface area contributed by atoms with E-state index in [-0.39, 0.29) is 33.2 Å². The van der Waals surface area contributed by atoms with Crippen LogP contribution in [0.2, 0.25) is 0 Å². The summed E-state index contributed by atoms with van der Waals surface area (Å²) in [6, 6.07) is 8.62. The molecule has 0 radical (unpaired) electrons. The van der Waals surface area contributed by atoms with Crippen LogP contribution in [-0.4, -0.2) is 13.2 Å². The fraction of sp³-hybridized carbons (Fsp3) is 0.333. The Balaban J connectivity index is 0.000000502. The monoisotopic (exact) mass is 548 g/mol. The number of ether oxygens (including phenoxy) is 2. The van der Waals surface area contributed by atoms with Gasteiger partial charge in [-0.25, -0.2) is 41.9 Å². The van der Waals surface area contributed by atoms with Crippen molar-refractivity contribution in [3.63, 3.8) is 0 Å². The van der Waals surface area contributed by atoms with E-state index in [2.05, 4.69) is 24.3 Å². The van der Waals surface area contributed by atoms with E-state index >= 15 is 0 Å². The Morgan fingerprint density at radius 3 is 1.32 bits per heavy atom. The molecule has 0 heterocycles. The first-order valence-electron chi connectivity index (χ1n) is 11.9. The second-order valence-corrected chi connectivity index (χ2v) is 7.38. The summed E-state index contributed by atoms with van der Waals surface area (Å²) in [6.45, 7) is 4.92. The van der Waals surface area contributed by atoms with Gasteiger partial charge >= 0.3 is 21.7 Å². The van der Waals surface area contributed by atoms with Gasteiger partial charge in [-0.1, -0.05) is 26.7 Å². The van der Waals surface area contributed by atoms with Gasteiger partial charge in [-0.05, 0) is 12.8 Å². The second kappa shape index (κ2) is 22.6. The van der Waals surface area contributed by atoms with E-state index in [9.17, 15) is 17.6 Å². The molecule has 2 aromatic carbocycles. The Morgan fingerprint density at radius 2 is 1.08 bits per heavy atom. The van der Waals surface area contributed by atoms with Crippen molar-refractivity contribution in [2.75, 3.05) is 13.2 Å². The van der Waals surface area contributed by atoms with Crippen LogP contribution in [0.3, 0.4) is 0 Å². The number of rotatable bonds is 8. The predicted octanol–water partition coefficient (Wildman–Crippen LogP) is 8.50. The van der Waals surface area contributed by atoms with Gasteiger partial charge in [0, 0.05) is 23.1 Å². The van der Waals surface area contributed by atoms with Gasteiger partial charge in [0.15, 0.2) is 0 Å². The maximum atomic E-state index is 12.9. The van der Waals surface area contributed by atoms with Crippen LogP contribution in [0.1, 0.15) is 52.4 Å². The maximum absolute atomic E-state index is 12.9. The standard InChI is InChI=1S/2C10H11F2O.2C5H5.Ti/c2*1-2-3-6-13-10-5-4-8(11)7-9(10)12;2*1-2-4-5-3-1;/h2*4-5H,2-3,6H2,1H3;2*1-3H,4H2;/q4*-1;+4. The average Bonchev–Trinajstić information content (AvgIpc) is 3.62. The minimum absolute atomic E-state index is 0. The van der Waals surface area contributed by atoms with Gasteiger partial charge in [-0.15, -0.1) is 49.2 Å². The van der Waals surface area contributed by atoms with Gasteiger partial charge in [0.25, 0.3) is 0 Å². The molecule has 0 saturated carbocycles. The van der Waals surface area contributed by atoms with Crippen LogP contribution in [0, 0.1) is 47.6 Å². The molecule has 0 atom stereocenters. The SMILES string of the molecule is CCCCOc1ccc(F)[c-]c1F.CCCCOc1ccc(F)[c-]c1F.[C-]1=CC=CC1.[C-]1=CC=CC1.[Ti+4]. The van der Waals surface area contributed by atoms with Gasteiger partial charge in [-0.3, -0.25) is 12.2 Å². The minimum Gasteiger partial charge on any atom is -0.548 e. The van der Waals surface area contributed by atoms with E-state index in [1.165, 1.54) is 12.1 Å². The van der Waals surface area contributed by atoms with Gasteiger partial charge < -0.3 is 9.47 Å². The molecule has 2 aliphatic carbocycles. The number of hydrogen-bond donors (Lipinski definition) is 0. The summed E-state index contributed by atoms with van der Waals surface area (Å²) in [7, 11) is 0. The van der Waals surface area contributed by atoms with E-state index in [0.717, 1.165) is 50.7 Å². The van der Waals surface area contributed by atoms with Crippen LogP contribution in [0.25, 0.3) is 0 Å². The van der Waals surface area contributed by atoms with E-state index in [1.54, 1.807) is 0 Å². The Kier molecular flexibility index (Phi) is 21.0. The Bertz CT molecular complexity index is 888. The molecule has 4 rings (SSSR count). The van der Waals surface area contributed by atoms with Crippen molar-refractivity contribution in [1.29, 1.82) is 0 Å². The molecule has 0 aromatic heterocycles. The zero-order valence-corrected chi connectivity index (χ0v) is 22.8. The molecule has 37 heavy (non-hydrogen) atoms. The third-order valence-electron chi connectivity index (χ3n) is 4.34. The number of unbranched alkanes of at least 4 members (excludes halogenated alkanes) is 2. The van der Waals surface area contributed by atoms with Crippen LogP contribution >= 0.6 is 0 Å². The van der Waals surface area contributed by atoms with Crippen molar-refractivity contribution in [2.45, 2.75) is 52.4 Å². The maximum Gasteiger partial charge on any atom is 4.00 e. The largest absolute Gasteiger partial charge is 4.00 e. The number of halogens is 4. The average molecular weight is 548 g/mol. The molecule has 7 heteroatoms. The summed E-state index contributed by atoms with van der Waals surface area (Å²) >= 11 is 0. The van der Waals surface area contributed by atoms with Crippen LogP contribution < -0.4 is 9.47 Å². The summed E-state index contributed by atoms with van der Waals surface area (Å²) in [5.41, 5.74) is 0. The van der Waals surface area contributed by atoms with Crippen molar-refractivity contribution >= 4 is 0 Å². The molecular weight excluding hydrogens is 516 g/mol. The molecule has 0 N–H and O–H groups in total. The van der Waals surface area contributed by atoms with Gasteiger partial charge in [0.2, 0.25) is 0 Å². The van der Waals surface area contributed by atoms with E-state index in [0.29, 0.717) is 13.2 Å². The molecule has 0 bridgehead atoms. The molecular formula is C30H32F4O2Ti. The molecule has 2 aliphatic rings. The fourth-order valence-corrected chi connectivity index (χ4v) is 2.42. The topological polar surface area (TPSA) is 18.5 Å². The number of allylic oxidation sites excluding steroid dienone is 8. The Labute approximate surface area is 233 Å². The van der Waals surface area contributed by atoms with E-state index < -0.39 is 23.3 Å². The van der Waals surface area contributed by atoms with E-state index in [4.69, 9.17) is 9.47 Å². The second-order valence-electron chi connectivity index (χ2n) is 7.38. The smallest absolute Gasteiger partial charge is 0.548 e. The Morgan fingerprint density at radius 1 is 0.676 bits per heavy atom.